The molecule has 0 spiro atoms. The van der Waals surface area contributed by atoms with Crippen molar-refractivity contribution in [3.63, 3.8) is 0 Å². The molecule has 0 saturated carbocycles. The highest BCUT2D eigenvalue weighted by atomic mass is 32.2. The minimum absolute atomic E-state index is 0.0467. The summed E-state index contributed by atoms with van der Waals surface area (Å²) >= 11 is 0. The first-order valence-electron chi connectivity index (χ1n) is 15.2. The normalized spacial score (nSPS) is 12.4. The maximum Gasteiger partial charge on any atom is 0.416 e. The van der Waals surface area contributed by atoms with Crippen molar-refractivity contribution < 1.29 is 31.2 Å². The molecule has 0 unspecified atom stereocenters. The SMILES string of the molecule is Cc1cccc(CN(C(=O)CN(c2cccc(C(F)(F)F)c2)S(=O)(=O)c2ccccc2)[C@H](Cc2ccccc2)C(=O)NCC(C)C)c1. The van der Waals surface area contributed by atoms with Gasteiger partial charge in [0.05, 0.1) is 16.1 Å². The molecule has 0 fully saturated rings. The van der Waals surface area contributed by atoms with Gasteiger partial charge in [-0.15, -0.1) is 0 Å². The predicted molar refractivity (Wildman–Crippen MR) is 176 cm³/mol. The van der Waals surface area contributed by atoms with Crippen molar-refractivity contribution in [2.45, 2.75) is 50.9 Å². The summed E-state index contributed by atoms with van der Waals surface area (Å²) in [6.07, 6.45) is -4.63. The van der Waals surface area contributed by atoms with E-state index in [2.05, 4.69) is 5.32 Å². The number of halogens is 3. The number of carbonyl (C=O) groups excluding carboxylic acids is 2. The van der Waals surface area contributed by atoms with Crippen LogP contribution in [0.3, 0.4) is 0 Å². The van der Waals surface area contributed by atoms with Crippen LogP contribution in [-0.4, -0.2) is 44.3 Å². The van der Waals surface area contributed by atoms with Crippen LogP contribution in [0.4, 0.5) is 18.9 Å². The van der Waals surface area contributed by atoms with E-state index < -0.39 is 46.2 Å². The van der Waals surface area contributed by atoms with E-state index in [0.29, 0.717) is 22.5 Å². The van der Waals surface area contributed by atoms with E-state index in [-0.39, 0.29) is 29.5 Å². The summed E-state index contributed by atoms with van der Waals surface area (Å²) in [5.41, 5.74) is 0.977. The quantitative estimate of drug-likeness (QED) is 0.174. The molecule has 0 bridgehead atoms. The Morgan fingerprint density at radius 2 is 1.43 bits per heavy atom. The molecule has 0 aromatic heterocycles. The molecular formula is C36H38F3N3O4S. The fraction of sp³-hybridized carbons (Fsp3) is 0.278. The summed E-state index contributed by atoms with van der Waals surface area (Å²) in [5.74, 6) is -1.08. The lowest BCUT2D eigenvalue weighted by Crippen LogP contribution is -2.53. The molecule has 0 aliphatic heterocycles. The number of carbonyl (C=O) groups is 2. The molecule has 0 aliphatic rings. The third-order valence-electron chi connectivity index (χ3n) is 7.46. The van der Waals surface area contributed by atoms with Crippen molar-refractivity contribution in [3.05, 3.63) is 131 Å². The first-order chi connectivity index (χ1) is 22.3. The largest absolute Gasteiger partial charge is 0.416 e. The minimum Gasteiger partial charge on any atom is -0.354 e. The topological polar surface area (TPSA) is 86.8 Å². The Labute approximate surface area is 274 Å². The molecule has 1 N–H and O–H groups in total. The molecule has 0 heterocycles. The lowest BCUT2D eigenvalue weighted by Gasteiger charge is -2.34. The number of sulfonamides is 1. The third-order valence-corrected chi connectivity index (χ3v) is 9.25. The van der Waals surface area contributed by atoms with Crippen LogP contribution in [0.25, 0.3) is 0 Å². The molecule has 0 radical (unpaired) electrons. The zero-order valence-corrected chi connectivity index (χ0v) is 27.3. The summed E-state index contributed by atoms with van der Waals surface area (Å²) < 4.78 is 70.0. The van der Waals surface area contributed by atoms with E-state index in [1.807, 2.05) is 69.3 Å². The van der Waals surface area contributed by atoms with Crippen molar-refractivity contribution in [2.24, 2.45) is 5.92 Å². The molecule has 4 aromatic rings. The Morgan fingerprint density at radius 1 is 0.809 bits per heavy atom. The van der Waals surface area contributed by atoms with Crippen LogP contribution in [0.1, 0.15) is 36.1 Å². The maximum absolute atomic E-state index is 14.5. The molecule has 4 rings (SSSR count). The maximum atomic E-state index is 14.5. The van der Waals surface area contributed by atoms with Gasteiger partial charge in [0.15, 0.2) is 0 Å². The highest BCUT2D eigenvalue weighted by Gasteiger charge is 2.36. The Hall–Kier alpha value is -4.64. The van der Waals surface area contributed by atoms with Crippen LogP contribution in [0.15, 0.2) is 114 Å². The summed E-state index contributed by atoms with van der Waals surface area (Å²) in [4.78, 5) is 29.4. The average molecular weight is 666 g/mol. The molecule has 7 nitrogen and oxygen atoms in total. The first kappa shape index (κ1) is 35.2. The molecule has 11 heteroatoms. The van der Waals surface area contributed by atoms with Gasteiger partial charge in [-0.2, -0.15) is 13.2 Å². The fourth-order valence-corrected chi connectivity index (χ4v) is 6.50. The van der Waals surface area contributed by atoms with Crippen LogP contribution in [0, 0.1) is 12.8 Å². The van der Waals surface area contributed by atoms with Crippen LogP contribution < -0.4 is 9.62 Å². The number of hydrogen-bond donors (Lipinski definition) is 1. The van der Waals surface area contributed by atoms with E-state index in [1.165, 1.54) is 35.2 Å². The van der Waals surface area contributed by atoms with E-state index in [4.69, 9.17) is 0 Å². The zero-order chi connectivity index (χ0) is 34.2. The standard InChI is InChI=1S/C36H38F3N3O4S/c1-26(2)23-40-35(44)33(21-28-13-6-4-7-14-28)41(24-29-15-10-12-27(3)20-29)34(43)25-42(47(45,46)32-18-8-5-9-19-32)31-17-11-16-30(22-31)36(37,38)39/h4-20,22,26,33H,21,23-25H2,1-3H3,(H,40,44)/t33-/m1/s1. The summed E-state index contributed by atoms with van der Waals surface area (Å²) in [6, 6.07) is 26.4. The van der Waals surface area contributed by atoms with Gasteiger partial charge in [-0.25, -0.2) is 8.42 Å². The third kappa shape index (κ3) is 9.45. The molecule has 2 amide bonds. The zero-order valence-electron chi connectivity index (χ0n) is 26.4. The number of benzene rings is 4. The van der Waals surface area contributed by atoms with Gasteiger partial charge < -0.3 is 10.2 Å². The first-order valence-corrected chi connectivity index (χ1v) is 16.6. The predicted octanol–water partition coefficient (Wildman–Crippen LogP) is 6.62. The van der Waals surface area contributed by atoms with Crippen molar-refractivity contribution in [3.8, 4) is 0 Å². The summed E-state index contributed by atoms with van der Waals surface area (Å²) in [6.45, 7) is 5.19. The van der Waals surface area contributed by atoms with Crippen molar-refractivity contribution in [1.82, 2.24) is 10.2 Å². The molecule has 47 heavy (non-hydrogen) atoms. The van der Waals surface area contributed by atoms with Crippen molar-refractivity contribution in [2.75, 3.05) is 17.4 Å². The Morgan fingerprint density at radius 3 is 2.04 bits per heavy atom. The van der Waals surface area contributed by atoms with E-state index in [1.54, 1.807) is 12.1 Å². The van der Waals surface area contributed by atoms with E-state index in [0.717, 1.165) is 23.3 Å². The van der Waals surface area contributed by atoms with Crippen molar-refractivity contribution in [1.29, 1.82) is 0 Å². The summed E-state index contributed by atoms with van der Waals surface area (Å²) in [7, 11) is -4.53. The molecule has 4 aromatic carbocycles. The second-order valence-electron chi connectivity index (χ2n) is 11.7. The Bertz CT molecular complexity index is 1770. The van der Waals surface area contributed by atoms with Gasteiger partial charge in [-0.3, -0.25) is 13.9 Å². The number of anilines is 1. The van der Waals surface area contributed by atoms with Crippen LogP contribution in [0.2, 0.25) is 0 Å². The second-order valence-corrected chi connectivity index (χ2v) is 13.6. The number of amides is 2. The second kappa shape index (κ2) is 15.3. The average Bonchev–Trinajstić information content (AvgIpc) is 3.04. The van der Waals surface area contributed by atoms with Gasteiger partial charge in [0.2, 0.25) is 11.8 Å². The molecule has 1 atom stereocenters. The number of rotatable bonds is 13. The highest BCUT2D eigenvalue weighted by Crippen LogP contribution is 2.33. The van der Waals surface area contributed by atoms with E-state index >= 15 is 0 Å². The van der Waals surface area contributed by atoms with E-state index in [9.17, 15) is 31.2 Å². The highest BCUT2D eigenvalue weighted by molar-refractivity contribution is 7.92. The smallest absolute Gasteiger partial charge is 0.354 e. The number of hydrogen-bond acceptors (Lipinski definition) is 4. The number of aryl methyl sites for hydroxylation is 1. The van der Waals surface area contributed by atoms with Gasteiger partial charge in [-0.05, 0) is 54.3 Å². The van der Waals surface area contributed by atoms with Gasteiger partial charge in [0, 0.05) is 19.5 Å². The number of alkyl halides is 3. The Kier molecular flexibility index (Phi) is 11.5. The fourth-order valence-electron chi connectivity index (χ4n) is 5.07. The molecule has 248 valence electrons. The summed E-state index contributed by atoms with van der Waals surface area (Å²) in [5, 5.41) is 2.91. The van der Waals surface area contributed by atoms with Crippen LogP contribution in [-0.2, 0) is 38.8 Å². The monoisotopic (exact) mass is 665 g/mol. The molecule has 0 aliphatic carbocycles. The molecular weight excluding hydrogens is 627 g/mol. The number of nitrogens with one attached hydrogen (secondary N) is 1. The Balaban J connectivity index is 1.83. The lowest BCUT2D eigenvalue weighted by atomic mass is 10.0. The van der Waals surface area contributed by atoms with Gasteiger partial charge >= 0.3 is 6.18 Å². The minimum atomic E-state index is -4.76. The van der Waals surface area contributed by atoms with Crippen molar-refractivity contribution >= 4 is 27.5 Å². The van der Waals surface area contributed by atoms with Gasteiger partial charge in [0.25, 0.3) is 10.0 Å². The van der Waals surface area contributed by atoms with Gasteiger partial charge in [0.1, 0.15) is 12.6 Å². The van der Waals surface area contributed by atoms with Crippen LogP contribution >= 0.6 is 0 Å². The van der Waals surface area contributed by atoms with Gasteiger partial charge in [-0.1, -0.05) is 98.3 Å². The molecule has 0 saturated heterocycles. The van der Waals surface area contributed by atoms with Crippen LogP contribution in [0.5, 0.6) is 0 Å². The lowest BCUT2D eigenvalue weighted by molar-refractivity contribution is -0.140. The number of nitrogens with zero attached hydrogens (tertiary/aromatic N) is 2.